The predicted octanol–water partition coefficient (Wildman–Crippen LogP) is 0.989. The van der Waals surface area contributed by atoms with Gasteiger partial charge in [0, 0.05) is 39.4 Å². The third-order valence-corrected chi connectivity index (χ3v) is 1.62. The van der Waals surface area contributed by atoms with Gasteiger partial charge in [0.25, 0.3) is 5.69 Å². The minimum Gasteiger partial charge on any atom is -0.478 e. The Bertz CT molecular complexity index is 379. The summed E-state index contributed by atoms with van der Waals surface area (Å²) in [4.78, 5) is 30.6. The van der Waals surface area contributed by atoms with Crippen molar-refractivity contribution in [2.45, 2.75) is 0 Å². The van der Waals surface area contributed by atoms with E-state index in [1.165, 1.54) is 0 Å². The molecule has 0 saturated carbocycles. The minimum absolute atomic E-state index is 0. The normalized spacial score (nSPS) is 9.00. The molecule has 0 aliphatic rings. The quantitative estimate of drug-likeness (QED) is 0.486. The number of carboxylic acids is 2. The monoisotopic (exact) mass is 325 g/mol. The van der Waals surface area contributed by atoms with Gasteiger partial charge in [-0.3, -0.25) is 10.1 Å². The summed E-state index contributed by atoms with van der Waals surface area (Å²) in [7, 11) is 0. The topological polar surface area (TPSA) is 118 Å². The molecule has 1 aromatic carbocycles. The Hall–Kier alpha value is -1.52. The first kappa shape index (κ1) is 14.5. The molecule has 0 aliphatic carbocycles. The van der Waals surface area contributed by atoms with Crippen LogP contribution >= 0.6 is 0 Å². The molecule has 0 amide bonds. The van der Waals surface area contributed by atoms with Crippen molar-refractivity contribution in [1.29, 1.82) is 0 Å². The van der Waals surface area contributed by atoms with E-state index in [1.807, 2.05) is 0 Å². The van der Waals surface area contributed by atoms with Gasteiger partial charge in [0.15, 0.2) is 0 Å². The van der Waals surface area contributed by atoms with Gasteiger partial charge < -0.3 is 10.2 Å². The van der Waals surface area contributed by atoms with Gasteiger partial charge >= 0.3 is 11.9 Å². The Balaban J connectivity index is 0.00000225. The van der Waals surface area contributed by atoms with Crippen molar-refractivity contribution in [3.63, 3.8) is 0 Å². The van der Waals surface area contributed by atoms with Crippen molar-refractivity contribution in [3.8, 4) is 0 Å². The van der Waals surface area contributed by atoms with E-state index in [2.05, 4.69) is 0 Å². The molecule has 0 bridgehead atoms. The number of aromatic carboxylic acids is 2. The number of carboxylic acid groups (broad SMARTS) is 2. The number of hydrogen-bond donors (Lipinski definition) is 2. The van der Waals surface area contributed by atoms with E-state index in [-0.39, 0.29) is 27.3 Å². The fourth-order valence-electron chi connectivity index (χ4n) is 0.964. The molecule has 0 fully saturated rings. The number of rotatable bonds is 3. The number of non-ortho nitro benzene ring substituents is 1. The van der Waals surface area contributed by atoms with Crippen LogP contribution in [0.1, 0.15) is 20.7 Å². The van der Waals surface area contributed by atoms with Crippen LogP contribution < -0.4 is 0 Å². The average Bonchev–Trinajstić information content (AvgIpc) is 2.16. The summed E-state index contributed by atoms with van der Waals surface area (Å²) in [6, 6.07) is 2.46. The maximum absolute atomic E-state index is 10.5. The Morgan fingerprint density at radius 3 is 1.69 bits per heavy atom. The number of nitro groups is 1. The standard InChI is InChI=1S/C8H5NO6.Cd/c10-7(11)4-1-5(8(12)13)3-6(2-4)9(14)15;/h1-3H,(H,10,11)(H,12,13);. The molecule has 80 valence electrons. The van der Waals surface area contributed by atoms with Crippen molar-refractivity contribution < 1.29 is 52.0 Å². The van der Waals surface area contributed by atoms with Crippen LogP contribution in [0.3, 0.4) is 0 Å². The molecule has 0 heterocycles. The first-order valence-corrected chi connectivity index (χ1v) is 3.68. The van der Waals surface area contributed by atoms with Gasteiger partial charge in [0.05, 0.1) is 16.1 Å². The number of nitro benzene ring substituents is 1. The maximum Gasteiger partial charge on any atom is 0.335 e. The van der Waals surface area contributed by atoms with E-state index >= 15 is 0 Å². The van der Waals surface area contributed by atoms with Crippen LogP contribution in [0.25, 0.3) is 0 Å². The first-order chi connectivity index (χ1) is 6.91. The Morgan fingerprint density at radius 2 is 1.44 bits per heavy atom. The van der Waals surface area contributed by atoms with Gasteiger partial charge in [-0.2, -0.15) is 0 Å². The van der Waals surface area contributed by atoms with E-state index in [4.69, 9.17) is 10.2 Å². The fourth-order valence-corrected chi connectivity index (χ4v) is 0.964. The SMILES string of the molecule is O=C(O)c1cc(C(=O)O)cc([N+](=O)[O-])c1.[Cd]. The smallest absolute Gasteiger partial charge is 0.335 e. The maximum atomic E-state index is 10.5. The van der Waals surface area contributed by atoms with Gasteiger partial charge in [0.2, 0.25) is 0 Å². The second kappa shape index (κ2) is 5.53. The molecule has 0 radical (unpaired) electrons. The third-order valence-electron chi connectivity index (χ3n) is 1.62. The predicted molar refractivity (Wildman–Crippen MR) is 47.0 cm³/mol. The van der Waals surface area contributed by atoms with Crippen LogP contribution in [0.2, 0.25) is 0 Å². The van der Waals surface area contributed by atoms with Crippen LogP contribution in [0.15, 0.2) is 18.2 Å². The second-order valence-corrected chi connectivity index (χ2v) is 2.64. The molecule has 1 rings (SSSR count). The Labute approximate surface area is 109 Å². The number of nitrogens with zero attached hydrogens (tertiary/aromatic N) is 1. The molecule has 7 nitrogen and oxygen atoms in total. The average molecular weight is 324 g/mol. The molecule has 0 aliphatic heterocycles. The van der Waals surface area contributed by atoms with Gasteiger partial charge in [0.1, 0.15) is 0 Å². The van der Waals surface area contributed by atoms with E-state index in [1.54, 1.807) is 0 Å². The Morgan fingerprint density at radius 1 is 1.06 bits per heavy atom. The summed E-state index contributed by atoms with van der Waals surface area (Å²) >= 11 is 0. The van der Waals surface area contributed by atoms with Gasteiger partial charge in [-0.05, 0) is 6.07 Å². The molecular formula is C8H5CdNO6. The summed E-state index contributed by atoms with van der Waals surface area (Å²) in [5.74, 6) is -2.83. The molecule has 0 spiro atoms. The molecule has 0 unspecified atom stereocenters. The van der Waals surface area contributed by atoms with Gasteiger partial charge in [-0.15, -0.1) is 0 Å². The molecule has 16 heavy (non-hydrogen) atoms. The van der Waals surface area contributed by atoms with Crippen LogP contribution in [0.4, 0.5) is 5.69 Å². The zero-order valence-corrected chi connectivity index (χ0v) is 12.0. The zero-order chi connectivity index (χ0) is 11.6. The van der Waals surface area contributed by atoms with Gasteiger partial charge in [-0.25, -0.2) is 9.59 Å². The first-order valence-electron chi connectivity index (χ1n) is 3.68. The van der Waals surface area contributed by atoms with E-state index in [0.717, 1.165) is 18.2 Å². The second-order valence-electron chi connectivity index (χ2n) is 2.64. The van der Waals surface area contributed by atoms with Crippen molar-refractivity contribution in [2.24, 2.45) is 0 Å². The van der Waals surface area contributed by atoms with Crippen molar-refractivity contribution >= 4 is 17.6 Å². The van der Waals surface area contributed by atoms with Crippen LogP contribution in [-0.2, 0) is 27.3 Å². The summed E-state index contributed by atoms with van der Waals surface area (Å²) in [6.45, 7) is 0. The molecular weight excluding hydrogens is 319 g/mol. The van der Waals surface area contributed by atoms with Gasteiger partial charge in [-0.1, -0.05) is 0 Å². The Kier molecular flexibility index (Phi) is 5.01. The number of benzene rings is 1. The summed E-state index contributed by atoms with van der Waals surface area (Å²) in [5.41, 5.74) is -1.42. The van der Waals surface area contributed by atoms with E-state index in [0.29, 0.717) is 0 Å². The zero-order valence-electron chi connectivity index (χ0n) is 7.91. The van der Waals surface area contributed by atoms with Crippen LogP contribution in [-0.4, -0.2) is 27.1 Å². The molecule has 0 atom stereocenters. The minimum atomic E-state index is -1.42. The molecule has 2 N–H and O–H groups in total. The largest absolute Gasteiger partial charge is 0.478 e. The number of carbonyl (C=O) groups is 2. The van der Waals surface area contributed by atoms with E-state index in [9.17, 15) is 19.7 Å². The molecule has 0 saturated heterocycles. The molecule has 1 aromatic rings. The molecule has 8 heteroatoms. The van der Waals surface area contributed by atoms with Crippen molar-refractivity contribution in [2.75, 3.05) is 0 Å². The summed E-state index contributed by atoms with van der Waals surface area (Å²) < 4.78 is 0. The van der Waals surface area contributed by atoms with Crippen LogP contribution in [0.5, 0.6) is 0 Å². The third kappa shape index (κ3) is 3.26. The number of hydrogen-bond acceptors (Lipinski definition) is 4. The van der Waals surface area contributed by atoms with Crippen LogP contribution in [0, 0.1) is 10.1 Å². The summed E-state index contributed by atoms with van der Waals surface area (Å²) in [6.07, 6.45) is 0. The summed E-state index contributed by atoms with van der Waals surface area (Å²) in [5, 5.41) is 27.5. The van der Waals surface area contributed by atoms with Crippen molar-refractivity contribution in [1.82, 2.24) is 0 Å². The van der Waals surface area contributed by atoms with Crippen molar-refractivity contribution in [3.05, 3.63) is 39.4 Å². The molecule has 0 aromatic heterocycles. The van der Waals surface area contributed by atoms with E-state index < -0.39 is 33.7 Å². The fraction of sp³-hybridized carbons (Fsp3) is 0.